The van der Waals surface area contributed by atoms with Gasteiger partial charge >= 0.3 is 0 Å². The van der Waals surface area contributed by atoms with E-state index in [1.165, 1.54) is 0 Å². The summed E-state index contributed by atoms with van der Waals surface area (Å²) in [7, 11) is -2.09. The lowest BCUT2D eigenvalue weighted by Gasteiger charge is -2.13. The van der Waals surface area contributed by atoms with Gasteiger partial charge in [-0.15, -0.1) is 0 Å². The van der Waals surface area contributed by atoms with E-state index in [1.807, 2.05) is 25.3 Å². The summed E-state index contributed by atoms with van der Waals surface area (Å²) in [6.45, 7) is 3.58. The average molecular weight is 330 g/mol. The Balaban J connectivity index is 1.99. The first-order valence-electron chi connectivity index (χ1n) is 7.16. The molecule has 0 aliphatic heterocycles. The van der Waals surface area contributed by atoms with Crippen LogP contribution in [0.4, 0.5) is 5.69 Å². The highest BCUT2D eigenvalue weighted by atomic mass is 32.2. The Morgan fingerprint density at radius 3 is 2.57 bits per heavy atom. The highest BCUT2D eigenvalue weighted by molar-refractivity contribution is 7.92. The van der Waals surface area contributed by atoms with Gasteiger partial charge in [0.1, 0.15) is 5.75 Å². The fourth-order valence-corrected chi connectivity index (χ4v) is 3.96. The molecule has 0 unspecified atom stereocenters. The molecule has 6 heteroatoms. The van der Waals surface area contributed by atoms with E-state index in [2.05, 4.69) is 9.71 Å². The van der Waals surface area contributed by atoms with E-state index in [9.17, 15) is 8.42 Å². The molecule has 1 heterocycles. The van der Waals surface area contributed by atoms with Gasteiger partial charge in [-0.25, -0.2) is 8.42 Å². The molecule has 2 N–H and O–H groups in total. The number of anilines is 1. The number of rotatable bonds is 4. The first-order chi connectivity index (χ1) is 10.9. The van der Waals surface area contributed by atoms with Gasteiger partial charge in [0.15, 0.2) is 0 Å². The number of hydrogen-bond acceptors (Lipinski definition) is 3. The predicted molar refractivity (Wildman–Crippen MR) is 91.6 cm³/mol. The van der Waals surface area contributed by atoms with Crippen LogP contribution in [0.2, 0.25) is 0 Å². The molecule has 0 bridgehead atoms. The van der Waals surface area contributed by atoms with Gasteiger partial charge in [-0.2, -0.15) is 0 Å². The molecule has 0 fully saturated rings. The fraction of sp³-hybridized carbons (Fsp3) is 0.176. The number of fused-ring (bicyclic) bond motifs is 1. The van der Waals surface area contributed by atoms with Crippen LogP contribution in [0.15, 0.2) is 47.5 Å². The minimum atomic E-state index is -3.66. The molecule has 0 aliphatic carbocycles. The summed E-state index contributed by atoms with van der Waals surface area (Å²) in [5, 5.41) is 1.03. The number of aryl methyl sites for hydroxylation is 2. The number of aromatic nitrogens is 1. The molecule has 0 spiro atoms. The third kappa shape index (κ3) is 2.90. The van der Waals surface area contributed by atoms with Gasteiger partial charge in [0.05, 0.1) is 17.7 Å². The molecule has 120 valence electrons. The summed E-state index contributed by atoms with van der Waals surface area (Å²) in [6.07, 6.45) is 1.82. The molecule has 0 saturated carbocycles. The summed E-state index contributed by atoms with van der Waals surface area (Å²) < 4.78 is 33.2. The first-order valence-corrected chi connectivity index (χ1v) is 8.64. The van der Waals surface area contributed by atoms with Crippen LogP contribution in [0.5, 0.6) is 5.75 Å². The number of hydrogen-bond donors (Lipinski definition) is 2. The zero-order chi connectivity index (χ0) is 16.6. The summed E-state index contributed by atoms with van der Waals surface area (Å²) >= 11 is 0. The third-order valence-corrected chi connectivity index (χ3v) is 5.31. The number of methoxy groups -OCH3 is 1. The van der Waals surface area contributed by atoms with E-state index >= 15 is 0 Å². The minimum Gasteiger partial charge on any atom is -0.496 e. The van der Waals surface area contributed by atoms with Gasteiger partial charge < -0.3 is 9.72 Å². The number of sulfonamides is 1. The van der Waals surface area contributed by atoms with E-state index in [-0.39, 0.29) is 4.90 Å². The van der Waals surface area contributed by atoms with Crippen molar-refractivity contribution in [1.29, 1.82) is 0 Å². The van der Waals surface area contributed by atoms with Crippen LogP contribution in [0.1, 0.15) is 11.1 Å². The van der Waals surface area contributed by atoms with E-state index in [1.54, 1.807) is 38.3 Å². The molecule has 0 amide bonds. The molecule has 3 aromatic rings. The monoisotopic (exact) mass is 330 g/mol. The molecule has 5 nitrogen and oxygen atoms in total. The van der Waals surface area contributed by atoms with Crippen molar-refractivity contribution in [2.24, 2.45) is 0 Å². The van der Waals surface area contributed by atoms with Crippen molar-refractivity contribution in [3.63, 3.8) is 0 Å². The summed E-state index contributed by atoms with van der Waals surface area (Å²) in [5.41, 5.74) is 2.82. The molecule has 2 aromatic carbocycles. The van der Waals surface area contributed by atoms with Crippen LogP contribution in [0, 0.1) is 13.8 Å². The highest BCUT2D eigenvalue weighted by Crippen LogP contribution is 2.27. The van der Waals surface area contributed by atoms with E-state index in [0.29, 0.717) is 17.0 Å². The van der Waals surface area contributed by atoms with Crippen molar-refractivity contribution >= 4 is 26.6 Å². The lowest BCUT2D eigenvalue weighted by molar-refractivity contribution is 0.411. The number of ether oxygens (including phenoxy) is 1. The van der Waals surface area contributed by atoms with Crippen LogP contribution in [-0.4, -0.2) is 20.5 Å². The van der Waals surface area contributed by atoms with Gasteiger partial charge in [-0.05, 0) is 60.7 Å². The van der Waals surface area contributed by atoms with Crippen molar-refractivity contribution < 1.29 is 13.2 Å². The van der Waals surface area contributed by atoms with Crippen molar-refractivity contribution in [1.82, 2.24) is 4.98 Å². The molecule has 3 rings (SSSR count). The van der Waals surface area contributed by atoms with Crippen molar-refractivity contribution in [2.75, 3.05) is 11.8 Å². The third-order valence-electron chi connectivity index (χ3n) is 3.79. The number of H-pyrrole nitrogens is 1. The molecule has 0 radical (unpaired) electrons. The number of nitrogens with one attached hydrogen (secondary N) is 2. The molecule has 1 aromatic heterocycles. The van der Waals surface area contributed by atoms with Crippen LogP contribution >= 0.6 is 0 Å². The second-order valence-corrected chi connectivity index (χ2v) is 7.12. The maximum atomic E-state index is 12.7. The molecule has 0 aliphatic rings. The van der Waals surface area contributed by atoms with Crippen LogP contribution < -0.4 is 9.46 Å². The van der Waals surface area contributed by atoms with Crippen LogP contribution in [-0.2, 0) is 10.0 Å². The maximum absolute atomic E-state index is 12.7. The van der Waals surface area contributed by atoms with E-state index in [0.717, 1.165) is 16.5 Å². The Hall–Kier alpha value is -2.47. The lowest BCUT2D eigenvalue weighted by Crippen LogP contribution is -2.14. The fourth-order valence-electron chi connectivity index (χ4n) is 2.59. The normalized spacial score (nSPS) is 11.6. The summed E-state index contributed by atoms with van der Waals surface area (Å²) in [5.74, 6) is 0.675. The minimum absolute atomic E-state index is 0.252. The Bertz CT molecular complexity index is 975. The van der Waals surface area contributed by atoms with Gasteiger partial charge in [0.2, 0.25) is 0 Å². The largest absolute Gasteiger partial charge is 0.496 e. The lowest BCUT2D eigenvalue weighted by atomic mass is 10.1. The predicted octanol–water partition coefficient (Wildman–Crippen LogP) is 3.59. The Kier molecular flexibility index (Phi) is 3.77. The molecular weight excluding hydrogens is 312 g/mol. The summed E-state index contributed by atoms with van der Waals surface area (Å²) in [6, 6.07) is 10.7. The summed E-state index contributed by atoms with van der Waals surface area (Å²) in [4.78, 5) is 3.32. The van der Waals surface area contributed by atoms with E-state index < -0.39 is 10.0 Å². The number of benzene rings is 2. The Morgan fingerprint density at radius 1 is 1.04 bits per heavy atom. The van der Waals surface area contributed by atoms with Gasteiger partial charge in [-0.3, -0.25) is 4.72 Å². The van der Waals surface area contributed by atoms with Gasteiger partial charge in [0, 0.05) is 11.7 Å². The van der Waals surface area contributed by atoms with Crippen molar-refractivity contribution in [3.05, 3.63) is 53.7 Å². The zero-order valence-corrected chi connectivity index (χ0v) is 14.0. The molecule has 23 heavy (non-hydrogen) atoms. The molecule has 0 saturated heterocycles. The topological polar surface area (TPSA) is 71.2 Å². The Morgan fingerprint density at radius 2 is 1.83 bits per heavy atom. The van der Waals surface area contributed by atoms with Gasteiger partial charge in [-0.1, -0.05) is 6.07 Å². The molecule has 0 atom stereocenters. The zero-order valence-electron chi connectivity index (χ0n) is 13.2. The Labute approximate surface area is 135 Å². The van der Waals surface area contributed by atoms with Gasteiger partial charge in [0.25, 0.3) is 10.0 Å². The van der Waals surface area contributed by atoms with Crippen molar-refractivity contribution in [2.45, 2.75) is 18.7 Å². The van der Waals surface area contributed by atoms with Crippen LogP contribution in [0.25, 0.3) is 10.9 Å². The van der Waals surface area contributed by atoms with Crippen molar-refractivity contribution in [3.8, 4) is 5.75 Å². The second-order valence-electron chi connectivity index (χ2n) is 5.47. The number of aromatic amines is 1. The second kappa shape index (κ2) is 5.62. The SMILES string of the molecule is COc1cc(C)c(S(=O)(=O)Nc2ccc3cc[nH]c3c2)cc1C. The average Bonchev–Trinajstić information content (AvgIpc) is 2.96. The highest BCUT2D eigenvalue weighted by Gasteiger charge is 2.19. The molecular formula is C17H18N2O3S. The maximum Gasteiger partial charge on any atom is 0.262 e. The first kappa shape index (κ1) is 15.4. The standard InChI is InChI=1S/C17H18N2O3S/c1-11-9-17(12(2)8-16(11)22-3)23(20,21)19-14-5-4-13-6-7-18-15(13)10-14/h4-10,18-19H,1-3H3. The van der Waals surface area contributed by atoms with Crippen LogP contribution in [0.3, 0.4) is 0 Å². The quantitative estimate of drug-likeness (QED) is 0.768. The van der Waals surface area contributed by atoms with E-state index in [4.69, 9.17) is 4.74 Å². The smallest absolute Gasteiger partial charge is 0.262 e.